The number of likely N-dealkylation sites (N-methyl/N-ethyl adjacent to an activating group) is 1. The maximum atomic E-state index is 15.6. The minimum absolute atomic E-state index is 0.102. The Morgan fingerprint density at radius 1 is 1.05 bits per heavy atom. The lowest BCUT2D eigenvalue weighted by Gasteiger charge is -2.43. The highest BCUT2D eigenvalue weighted by atomic mass is 19.1. The van der Waals surface area contributed by atoms with Crippen LogP contribution in [0.3, 0.4) is 0 Å². The molecule has 2 atom stereocenters. The first-order valence-electron chi connectivity index (χ1n) is 12.4. The quantitative estimate of drug-likeness (QED) is 0.302. The fourth-order valence-corrected chi connectivity index (χ4v) is 5.28. The number of pyridine rings is 1. The predicted molar refractivity (Wildman–Crippen MR) is 141 cm³/mol. The maximum Gasteiger partial charge on any atom is 0.293 e. The molecule has 0 radical (unpaired) electrons. The van der Waals surface area contributed by atoms with Gasteiger partial charge in [0.2, 0.25) is 5.95 Å². The normalized spacial score (nSPS) is 19.7. The van der Waals surface area contributed by atoms with E-state index in [0.717, 1.165) is 17.7 Å². The largest absolute Gasteiger partial charge is 0.383 e. The first-order chi connectivity index (χ1) is 18.0. The molecule has 11 heteroatoms. The summed E-state index contributed by atoms with van der Waals surface area (Å²) in [6.45, 7) is 5.47. The molecule has 9 nitrogen and oxygen atoms in total. The number of nitrogens with zero attached hydrogens (tertiary/aromatic N) is 4. The molecule has 3 N–H and O–H groups in total. The fourth-order valence-electron chi connectivity index (χ4n) is 5.28. The molecule has 1 fully saturated rings. The van der Waals surface area contributed by atoms with Crippen molar-refractivity contribution in [2.45, 2.75) is 32.4 Å². The van der Waals surface area contributed by atoms with Crippen LogP contribution in [-0.4, -0.2) is 59.5 Å². The smallest absolute Gasteiger partial charge is 0.293 e. The van der Waals surface area contributed by atoms with Crippen LogP contribution in [-0.2, 0) is 6.42 Å². The second kappa shape index (κ2) is 9.64. The number of rotatable bonds is 4. The van der Waals surface area contributed by atoms with Gasteiger partial charge in [0.15, 0.2) is 0 Å². The van der Waals surface area contributed by atoms with Crippen molar-refractivity contribution < 1.29 is 18.5 Å². The number of amides is 1. The SMILES string of the molecule is C[C@@H]1CN(c2cc(F)c(-c3cc(-c4ccc5c(c4)CCNC5=O)c(N)nc3F)cc2[N+](=O)[O-])C[C@H](C)N1C. The number of nitrogens with one attached hydrogen (secondary N) is 1. The Morgan fingerprint density at radius 2 is 1.76 bits per heavy atom. The van der Waals surface area contributed by atoms with Crippen molar-refractivity contribution in [2.75, 3.05) is 37.3 Å². The van der Waals surface area contributed by atoms with Gasteiger partial charge >= 0.3 is 0 Å². The molecule has 3 aromatic rings. The number of piperazine rings is 1. The molecule has 3 heterocycles. The lowest BCUT2D eigenvalue weighted by Crippen LogP contribution is -2.55. The van der Waals surface area contributed by atoms with Gasteiger partial charge in [0.05, 0.1) is 4.92 Å². The first-order valence-corrected chi connectivity index (χ1v) is 12.4. The lowest BCUT2D eigenvalue weighted by molar-refractivity contribution is -0.384. The molecular formula is C27H28F2N6O3. The van der Waals surface area contributed by atoms with Crippen LogP contribution in [0.5, 0.6) is 0 Å². The number of hydrogen-bond donors (Lipinski definition) is 2. The number of nitrogens with two attached hydrogens (primary N) is 1. The standard InChI is InChI=1S/C27H28F2N6O3/c1-14-12-34(13-15(2)33(14)3)23-11-22(28)20(10-24(23)35(37)38)21-9-19(26(30)32-25(21)29)16-4-5-18-17(8-16)6-7-31-27(18)36/h4-5,8-11,14-15H,6-7,12-13H2,1-3H3,(H2,30,32)(H,31,36)/t14-,15+. The summed E-state index contributed by atoms with van der Waals surface area (Å²) in [6, 6.07) is 8.82. The van der Waals surface area contributed by atoms with E-state index in [1.54, 1.807) is 23.1 Å². The van der Waals surface area contributed by atoms with E-state index in [-0.39, 0.29) is 46.3 Å². The van der Waals surface area contributed by atoms with Gasteiger partial charge in [0.1, 0.15) is 17.3 Å². The zero-order valence-corrected chi connectivity index (χ0v) is 21.3. The number of halogens is 2. The minimum atomic E-state index is -1.04. The summed E-state index contributed by atoms with van der Waals surface area (Å²) in [5.41, 5.74) is 7.62. The average Bonchev–Trinajstić information content (AvgIpc) is 2.87. The number of carbonyl (C=O) groups is 1. The van der Waals surface area contributed by atoms with E-state index < -0.39 is 16.7 Å². The Hall–Kier alpha value is -4.12. The van der Waals surface area contributed by atoms with Crippen LogP contribution in [0.25, 0.3) is 22.3 Å². The second-order valence-electron chi connectivity index (χ2n) is 9.98. The first kappa shape index (κ1) is 25.5. The molecule has 0 spiro atoms. The van der Waals surface area contributed by atoms with E-state index in [1.165, 1.54) is 6.07 Å². The molecule has 38 heavy (non-hydrogen) atoms. The van der Waals surface area contributed by atoms with Gasteiger partial charge in [-0.1, -0.05) is 12.1 Å². The Morgan fingerprint density at radius 3 is 2.45 bits per heavy atom. The molecule has 1 aromatic heterocycles. The summed E-state index contributed by atoms with van der Waals surface area (Å²) in [6.07, 6.45) is 0.613. The van der Waals surface area contributed by atoms with Gasteiger partial charge in [-0.25, -0.2) is 9.37 Å². The third kappa shape index (κ3) is 4.43. The van der Waals surface area contributed by atoms with E-state index in [4.69, 9.17) is 5.73 Å². The summed E-state index contributed by atoms with van der Waals surface area (Å²) in [5.74, 6) is -2.13. The van der Waals surface area contributed by atoms with Crippen molar-refractivity contribution in [2.24, 2.45) is 0 Å². The third-order valence-corrected chi connectivity index (χ3v) is 7.60. The molecule has 2 aliphatic rings. The van der Waals surface area contributed by atoms with Crippen LogP contribution >= 0.6 is 0 Å². The zero-order chi connectivity index (χ0) is 27.3. The Kier molecular flexibility index (Phi) is 6.47. The number of nitrogen functional groups attached to an aromatic ring is 1. The topological polar surface area (TPSA) is 118 Å². The molecule has 1 amide bonds. The molecule has 0 aliphatic carbocycles. The van der Waals surface area contributed by atoms with E-state index in [9.17, 15) is 14.9 Å². The number of carbonyl (C=O) groups excluding carboxylic acids is 1. The number of benzene rings is 2. The van der Waals surface area contributed by atoms with E-state index in [2.05, 4.69) is 15.2 Å². The third-order valence-electron chi connectivity index (χ3n) is 7.60. The van der Waals surface area contributed by atoms with Crippen molar-refractivity contribution in [3.8, 4) is 22.3 Å². The van der Waals surface area contributed by atoms with E-state index in [0.29, 0.717) is 42.7 Å². The van der Waals surface area contributed by atoms with E-state index in [1.807, 2.05) is 20.9 Å². The summed E-state index contributed by atoms with van der Waals surface area (Å²) in [4.78, 5) is 31.3. The van der Waals surface area contributed by atoms with Crippen LogP contribution in [0, 0.1) is 21.9 Å². The predicted octanol–water partition coefficient (Wildman–Crippen LogP) is 4.00. The van der Waals surface area contributed by atoms with Crippen molar-refractivity contribution in [1.29, 1.82) is 0 Å². The van der Waals surface area contributed by atoms with Gasteiger partial charge in [-0.05, 0) is 50.6 Å². The van der Waals surface area contributed by atoms with Gasteiger partial charge in [0.25, 0.3) is 11.6 Å². The Balaban J connectivity index is 1.60. The Bertz CT molecular complexity index is 1450. The summed E-state index contributed by atoms with van der Waals surface area (Å²) in [5, 5.41) is 14.8. The summed E-state index contributed by atoms with van der Waals surface area (Å²) < 4.78 is 30.6. The van der Waals surface area contributed by atoms with Gasteiger partial charge in [-0.3, -0.25) is 19.8 Å². The number of anilines is 2. The highest BCUT2D eigenvalue weighted by Crippen LogP contribution is 2.39. The molecule has 198 valence electrons. The summed E-state index contributed by atoms with van der Waals surface area (Å²) in [7, 11) is 1.98. The van der Waals surface area contributed by atoms with Crippen LogP contribution in [0.1, 0.15) is 29.8 Å². The maximum absolute atomic E-state index is 15.6. The molecule has 2 aliphatic heterocycles. The van der Waals surface area contributed by atoms with Crippen LogP contribution in [0.15, 0.2) is 36.4 Å². The minimum Gasteiger partial charge on any atom is -0.383 e. The van der Waals surface area contributed by atoms with E-state index >= 15 is 8.78 Å². The van der Waals surface area contributed by atoms with Gasteiger partial charge in [-0.15, -0.1) is 0 Å². The molecule has 1 saturated heterocycles. The van der Waals surface area contributed by atoms with Crippen molar-refractivity contribution in [1.82, 2.24) is 15.2 Å². The van der Waals surface area contributed by atoms with Crippen LogP contribution < -0.4 is 16.0 Å². The van der Waals surface area contributed by atoms with Crippen molar-refractivity contribution in [3.05, 3.63) is 69.4 Å². The van der Waals surface area contributed by atoms with Crippen molar-refractivity contribution >= 4 is 23.1 Å². The monoisotopic (exact) mass is 522 g/mol. The summed E-state index contributed by atoms with van der Waals surface area (Å²) >= 11 is 0. The number of nitro groups is 1. The second-order valence-corrected chi connectivity index (χ2v) is 9.98. The number of nitro benzene ring substituents is 1. The Labute approximate surface area is 218 Å². The average molecular weight is 523 g/mol. The highest BCUT2D eigenvalue weighted by Gasteiger charge is 2.32. The van der Waals surface area contributed by atoms with Gasteiger partial charge < -0.3 is 16.0 Å². The van der Waals surface area contributed by atoms with Crippen LogP contribution in [0.2, 0.25) is 0 Å². The molecule has 0 saturated carbocycles. The zero-order valence-electron chi connectivity index (χ0n) is 21.3. The molecule has 2 aromatic carbocycles. The number of fused-ring (bicyclic) bond motifs is 1. The highest BCUT2D eigenvalue weighted by molar-refractivity contribution is 5.97. The van der Waals surface area contributed by atoms with Gasteiger partial charge in [-0.2, -0.15) is 4.39 Å². The molecule has 0 bridgehead atoms. The number of hydrogen-bond acceptors (Lipinski definition) is 7. The lowest BCUT2D eigenvalue weighted by atomic mass is 9.93. The fraction of sp³-hybridized carbons (Fsp3) is 0.333. The van der Waals surface area contributed by atoms with Crippen LogP contribution in [0.4, 0.5) is 26.0 Å². The molecule has 5 rings (SSSR count). The molecule has 0 unspecified atom stereocenters. The van der Waals surface area contributed by atoms with Gasteiger partial charge in [0, 0.05) is 66.1 Å². The van der Waals surface area contributed by atoms with Crippen molar-refractivity contribution in [3.63, 3.8) is 0 Å². The molecular weight excluding hydrogens is 494 g/mol. The number of aromatic nitrogens is 1.